The lowest BCUT2D eigenvalue weighted by atomic mass is 10.1. The van der Waals surface area contributed by atoms with Crippen LogP contribution in [0.3, 0.4) is 0 Å². The number of morpholine rings is 1. The van der Waals surface area contributed by atoms with Crippen LogP contribution in [0, 0.1) is 0 Å². The fourth-order valence-corrected chi connectivity index (χ4v) is 2.12. The first-order valence-electron chi connectivity index (χ1n) is 7.26. The highest BCUT2D eigenvalue weighted by Gasteiger charge is 2.29. The van der Waals surface area contributed by atoms with Crippen molar-refractivity contribution < 1.29 is 14.3 Å². The van der Waals surface area contributed by atoms with Crippen LogP contribution in [0.2, 0.25) is 0 Å². The van der Waals surface area contributed by atoms with Crippen molar-refractivity contribution in [3.63, 3.8) is 0 Å². The van der Waals surface area contributed by atoms with E-state index in [1.165, 1.54) is 0 Å². The first-order chi connectivity index (χ1) is 9.96. The van der Waals surface area contributed by atoms with Gasteiger partial charge in [0.1, 0.15) is 5.60 Å². The van der Waals surface area contributed by atoms with Crippen LogP contribution in [0.5, 0.6) is 0 Å². The molecule has 1 atom stereocenters. The van der Waals surface area contributed by atoms with Gasteiger partial charge in [-0.2, -0.15) is 0 Å². The molecule has 1 aromatic carbocycles. The van der Waals surface area contributed by atoms with Crippen molar-refractivity contribution in [2.45, 2.75) is 32.4 Å². The van der Waals surface area contributed by atoms with Crippen LogP contribution in [0.15, 0.2) is 36.4 Å². The molecule has 0 bridgehead atoms. The van der Waals surface area contributed by atoms with Gasteiger partial charge in [-0.25, -0.2) is 4.79 Å². The quantitative estimate of drug-likeness (QED) is 0.838. The molecule has 1 aliphatic rings. The second kappa shape index (κ2) is 6.76. The van der Waals surface area contributed by atoms with Crippen molar-refractivity contribution in [3.8, 4) is 0 Å². The highest BCUT2D eigenvalue weighted by Crippen LogP contribution is 2.16. The van der Waals surface area contributed by atoms with Gasteiger partial charge in [0, 0.05) is 6.54 Å². The van der Waals surface area contributed by atoms with Gasteiger partial charge in [0.2, 0.25) is 0 Å². The molecule has 114 valence electrons. The molecule has 0 N–H and O–H groups in total. The number of rotatable bonds is 2. The third-order valence-electron chi connectivity index (χ3n) is 3.10. The molecule has 1 amide bonds. The van der Waals surface area contributed by atoms with Crippen LogP contribution in [0.1, 0.15) is 26.3 Å². The Balaban J connectivity index is 2.05. The molecule has 4 heteroatoms. The van der Waals surface area contributed by atoms with Crippen LogP contribution in [0.4, 0.5) is 4.79 Å². The van der Waals surface area contributed by atoms with Gasteiger partial charge in [0.05, 0.1) is 19.3 Å². The summed E-state index contributed by atoms with van der Waals surface area (Å²) in [6.45, 7) is 7.23. The summed E-state index contributed by atoms with van der Waals surface area (Å²) in [6.07, 6.45) is 3.73. The summed E-state index contributed by atoms with van der Waals surface area (Å²) < 4.78 is 10.9. The maximum Gasteiger partial charge on any atom is 0.410 e. The van der Waals surface area contributed by atoms with E-state index in [9.17, 15) is 4.79 Å². The van der Waals surface area contributed by atoms with Gasteiger partial charge >= 0.3 is 6.09 Å². The van der Waals surface area contributed by atoms with Crippen molar-refractivity contribution in [1.82, 2.24) is 4.90 Å². The molecule has 1 saturated heterocycles. The molecule has 1 aliphatic heterocycles. The molecule has 0 aliphatic carbocycles. The predicted octanol–water partition coefficient (Wildman–Crippen LogP) is 3.34. The van der Waals surface area contributed by atoms with Crippen LogP contribution < -0.4 is 0 Å². The van der Waals surface area contributed by atoms with Gasteiger partial charge in [-0.05, 0) is 26.3 Å². The van der Waals surface area contributed by atoms with E-state index in [-0.39, 0.29) is 12.1 Å². The minimum atomic E-state index is -0.483. The van der Waals surface area contributed by atoms with Gasteiger partial charge in [-0.3, -0.25) is 4.90 Å². The maximum absolute atomic E-state index is 12.2. The zero-order valence-electron chi connectivity index (χ0n) is 12.9. The van der Waals surface area contributed by atoms with Crippen LogP contribution in [0.25, 0.3) is 6.08 Å². The first-order valence-corrected chi connectivity index (χ1v) is 7.26. The second-order valence-corrected chi connectivity index (χ2v) is 6.09. The average molecular weight is 289 g/mol. The molecule has 4 nitrogen and oxygen atoms in total. The smallest absolute Gasteiger partial charge is 0.410 e. The van der Waals surface area contributed by atoms with Gasteiger partial charge < -0.3 is 9.47 Å². The normalized spacial score (nSPS) is 19.8. The number of carbonyl (C=O) groups excluding carboxylic acids is 1. The minimum Gasteiger partial charge on any atom is -0.444 e. The lowest BCUT2D eigenvalue weighted by Crippen LogP contribution is -2.49. The molecule has 1 aromatic rings. The van der Waals surface area contributed by atoms with Gasteiger partial charge in [0.25, 0.3) is 0 Å². The number of ether oxygens (including phenoxy) is 2. The molecule has 1 fully saturated rings. The average Bonchev–Trinajstić information content (AvgIpc) is 2.45. The highest BCUT2D eigenvalue weighted by molar-refractivity contribution is 5.69. The molecule has 1 unspecified atom stereocenters. The predicted molar refractivity (Wildman–Crippen MR) is 83.0 cm³/mol. The van der Waals surface area contributed by atoms with E-state index in [0.717, 1.165) is 5.56 Å². The third kappa shape index (κ3) is 4.90. The largest absolute Gasteiger partial charge is 0.444 e. The zero-order chi connectivity index (χ0) is 15.3. The van der Waals surface area contributed by atoms with Crippen molar-refractivity contribution in [2.75, 3.05) is 19.8 Å². The number of hydrogen-bond donors (Lipinski definition) is 0. The Labute approximate surface area is 126 Å². The summed E-state index contributed by atoms with van der Waals surface area (Å²) in [5, 5.41) is 0. The molecule has 0 saturated carbocycles. The van der Waals surface area contributed by atoms with Gasteiger partial charge in [-0.15, -0.1) is 0 Å². The van der Waals surface area contributed by atoms with E-state index >= 15 is 0 Å². The minimum absolute atomic E-state index is 0.0891. The van der Waals surface area contributed by atoms with Crippen LogP contribution in [-0.4, -0.2) is 42.4 Å². The van der Waals surface area contributed by atoms with E-state index in [2.05, 4.69) is 0 Å². The molecular weight excluding hydrogens is 266 g/mol. The second-order valence-electron chi connectivity index (χ2n) is 6.09. The van der Waals surface area contributed by atoms with E-state index in [0.29, 0.717) is 19.8 Å². The van der Waals surface area contributed by atoms with Crippen LogP contribution in [-0.2, 0) is 9.47 Å². The Kier molecular flexibility index (Phi) is 5.02. The molecule has 2 rings (SSSR count). The summed E-state index contributed by atoms with van der Waals surface area (Å²) in [6, 6.07) is 9.92. The monoisotopic (exact) mass is 289 g/mol. The molecule has 0 spiro atoms. The van der Waals surface area contributed by atoms with Crippen molar-refractivity contribution >= 4 is 12.2 Å². The molecule has 21 heavy (non-hydrogen) atoms. The summed E-state index contributed by atoms with van der Waals surface area (Å²) >= 11 is 0. The van der Waals surface area contributed by atoms with E-state index in [1.807, 2.05) is 63.3 Å². The summed E-state index contributed by atoms with van der Waals surface area (Å²) in [5.74, 6) is 0. The standard InChI is InChI=1S/C17H23NO3/c1-17(2,3)21-16(19)18-11-12-20-13-15(18)10-9-14-7-5-4-6-8-14/h4-10,15H,11-13H2,1-3H3/b10-9+. The van der Waals surface area contributed by atoms with Crippen molar-refractivity contribution in [2.24, 2.45) is 0 Å². The highest BCUT2D eigenvalue weighted by atomic mass is 16.6. The van der Waals surface area contributed by atoms with Crippen LogP contribution >= 0.6 is 0 Å². The number of nitrogens with zero attached hydrogens (tertiary/aromatic N) is 1. The number of hydrogen-bond acceptors (Lipinski definition) is 3. The number of carbonyl (C=O) groups is 1. The lowest BCUT2D eigenvalue weighted by Gasteiger charge is -2.35. The van der Waals surface area contributed by atoms with Gasteiger partial charge in [-0.1, -0.05) is 42.5 Å². The molecule has 0 aromatic heterocycles. The van der Waals surface area contributed by atoms with E-state index < -0.39 is 5.60 Å². The Morgan fingerprint density at radius 3 is 2.71 bits per heavy atom. The van der Waals surface area contributed by atoms with Gasteiger partial charge in [0.15, 0.2) is 0 Å². The van der Waals surface area contributed by atoms with Crippen molar-refractivity contribution in [1.29, 1.82) is 0 Å². The lowest BCUT2D eigenvalue weighted by molar-refractivity contribution is -0.0215. The Bertz CT molecular complexity index is 491. The Morgan fingerprint density at radius 2 is 2.05 bits per heavy atom. The topological polar surface area (TPSA) is 38.8 Å². The van der Waals surface area contributed by atoms with E-state index in [4.69, 9.17) is 9.47 Å². The summed E-state index contributed by atoms with van der Waals surface area (Å²) in [4.78, 5) is 14.0. The molecule has 1 heterocycles. The summed E-state index contributed by atoms with van der Waals surface area (Å²) in [7, 11) is 0. The first kappa shape index (κ1) is 15.6. The SMILES string of the molecule is CC(C)(C)OC(=O)N1CCOCC1/C=C/c1ccccc1. The Morgan fingerprint density at radius 1 is 1.33 bits per heavy atom. The number of benzene rings is 1. The molecular formula is C17H23NO3. The Hall–Kier alpha value is -1.81. The fraction of sp³-hybridized carbons (Fsp3) is 0.471. The summed E-state index contributed by atoms with van der Waals surface area (Å²) in [5.41, 5.74) is 0.621. The van der Waals surface area contributed by atoms with E-state index in [1.54, 1.807) is 4.90 Å². The van der Waals surface area contributed by atoms with Crippen molar-refractivity contribution in [3.05, 3.63) is 42.0 Å². The molecule has 0 radical (unpaired) electrons. The third-order valence-corrected chi connectivity index (χ3v) is 3.10. The zero-order valence-corrected chi connectivity index (χ0v) is 12.9. The fourth-order valence-electron chi connectivity index (χ4n) is 2.12. The maximum atomic E-state index is 12.2. The number of amides is 1.